The van der Waals surface area contributed by atoms with Crippen molar-refractivity contribution in [1.82, 2.24) is 16.0 Å². The molecule has 7 N–H and O–H groups in total. The quantitative estimate of drug-likeness (QED) is 0.118. The van der Waals surface area contributed by atoms with Crippen LogP contribution >= 0.6 is 0 Å². The van der Waals surface area contributed by atoms with Gasteiger partial charge in [0.1, 0.15) is 54.9 Å². The number of aliphatic hydroxyl groups is 4. The Bertz CT molecular complexity index is 1630. The van der Waals surface area contributed by atoms with Crippen LogP contribution in [0.15, 0.2) is 54.6 Å². The average molecular weight is 864 g/mol. The number of ether oxygens (including phenoxy) is 8. The molecule has 18 heteroatoms. The van der Waals surface area contributed by atoms with Gasteiger partial charge in [-0.25, -0.2) is 9.59 Å². The second-order valence-electron chi connectivity index (χ2n) is 17.0. The highest BCUT2D eigenvalue weighted by molar-refractivity contribution is 5.81. The number of hydrogen-bond donors (Lipinski definition) is 7. The first-order chi connectivity index (χ1) is 29.0. The maximum Gasteiger partial charge on any atom is 0.408 e. The van der Waals surface area contributed by atoms with E-state index in [9.17, 15) is 34.8 Å². The second kappa shape index (κ2) is 22.1. The van der Waals surface area contributed by atoms with Crippen LogP contribution in [-0.4, -0.2) is 143 Å². The third kappa shape index (κ3) is 13.4. The lowest BCUT2D eigenvalue weighted by molar-refractivity contribution is -0.290. The monoisotopic (exact) mass is 863 g/mol. The van der Waals surface area contributed by atoms with Crippen LogP contribution in [0.3, 0.4) is 0 Å². The Morgan fingerprint density at radius 1 is 0.803 bits per heavy atom. The summed E-state index contributed by atoms with van der Waals surface area (Å²) in [6.07, 6.45) is -5.84. The lowest BCUT2D eigenvalue weighted by Gasteiger charge is -2.46. The third-order valence-corrected chi connectivity index (χ3v) is 10.9. The highest BCUT2D eigenvalue weighted by Gasteiger charge is 2.53. The summed E-state index contributed by atoms with van der Waals surface area (Å²) in [4.78, 5) is 38.2. The Kier molecular flexibility index (Phi) is 17.5. The van der Waals surface area contributed by atoms with Gasteiger partial charge >= 0.3 is 12.2 Å². The van der Waals surface area contributed by atoms with Gasteiger partial charge in [0.2, 0.25) is 0 Å². The van der Waals surface area contributed by atoms with Crippen LogP contribution in [0.2, 0.25) is 0 Å². The number of aliphatic hydroxyl groups excluding tert-OH is 4. The molecule has 1 aliphatic carbocycles. The summed E-state index contributed by atoms with van der Waals surface area (Å²) in [7, 11) is 0. The van der Waals surface area contributed by atoms with Gasteiger partial charge in [-0.05, 0) is 51.5 Å². The Morgan fingerprint density at radius 2 is 1.44 bits per heavy atom. The van der Waals surface area contributed by atoms with E-state index in [0.29, 0.717) is 12.8 Å². The molecule has 0 radical (unpaired) electrons. The molecule has 3 heterocycles. The molecule has 0 aromatic heterocycles. The van der Waals surface area contributed by atoms with E-state index in [0.717, 1.165) is 5.56 Å². The molecule has 4 aliphatic rings. The van der Waals surface area contributed by atoms with Crippen molar-refractivity contribution < 1.29 is 72.7 Å². The molecule has 1 aromatic carbocycles. The first-order valence-electron chi connectivity index (χ1n) is 21.2. The molecule has 2 fully saturated rings. The van der Waals surface area contributed by atoms with Gasteiger partial charge in [0, 0.05) is 5.92 Å². The van der Waals surface area contributed by atoms with E-state index in [1.807, 2.05) is 70.2 Å². The summed E-state index contributed by atoms with van der Waals surface area (Å²) in [5.41, 5.74) is 0.000381. The highest BCUT2D eigenvalue weighted by Crippen LogP contribution is 2.37. The molecule has 1 aromatic rings. The van der Waals surface area contributed by atoms with Crippen LogP contribution in [-0.2, 0) is 49.3 Å². The SMILES string of the molecule is CCC1C=CC(C)C(OC2C(C)CC(NC(=O)C(O)CNC(=O)OC(C)(C)C)C(O)C2OC2OC(CO)C(OC3OC(CC)C=CC3NC(=O)OCc3ccccc3)C2O)O1. The van der Waals surface area contributed by atoms with Crippen molar-refractivity contribution in [2.75, 3.05) is 13.2 Å². The van der Waals surface area contributed by atoms with Gasteiger partial charge in [0.25, 0.3) is 5.91 Å². The molecular weight excluding hydrogens is 798 g/mol. The fourth-order valence-electron chi connectivity index (χ4n) is 7.52. The molecule has 1 saturated carbocycles. The number of hydrogen-bond acceptors (Lipinski definition) is 15. The third-order valence-electron chi connectivity index (χ3n) is 10.9. The first kappa shape index (κ1) is 48.3. The molecule has 18 nitrogen and oxygen atoms in total. The summed E-state index contributed by atoms with van der Waals surface area (Å²) in [6, 6.07) is 7.32. The van der Waals surface area contributed by atoms with Gasteiger partial charge in [-0.3, -0.25) is 4.79 Å². The van der Waals surface area contributed by atoms with Crippen molar-refractivity contribution in [3.63, 3.8) is 0 Å². The van der Waals surface area contributed by atoms with Gasteiger partial charge in [-0.1, -0.05) is 82.3 Å². The number of nitrogens with one attached hydrogen (secondary N) is 3. The van der Waals surface area contributed by atoms with E-state index < -0.39 is 116 Å². The largest absolute Gasteiger partial charge is 0.445 e. The normalized spacial score (nSPS) is 35.6. The van der Waals surface area contributed by atoms with Gasteiger partial charge in [-0.2, -0.15) is 0 Å². The zero-order chi connectivity index (χ0) is 44.4. The smallest absolute Gasteiger partial charge is 0.408 e. The van der Waals surface area contributed by atoms with Crippen molar-refractivity contribution in [3.05, 3.63) is 60.2 Å². The predicted octanol–water partition coefficient (Wildman–Crippen LogP) is 2.30. The number of alkyl carbamates (subject to hydrolysis) is 2. The zero-order valence-electron chi connectivity index (χ0n) is 36.0. The fraction of sp³-hybridized carbons (Fsp3) is 0.698. The van der Waals surface area contributed by atoms with Crippen molar-refractivity contribution >= 4 is 18.1 Å². The minimum absolute atomic E-state index is 0.0301. The van der Waals surface area contributed by atoms with E-state index in [2.05, 4.69) is 16.0 Å². The van der Waals surface area contributed by atoms with Crippen LogP contribution in [0.25, 0.3) is 0 Å². The molecule has 342 valence electrons. The van der Waals surface area contributed by atoms with Gasteiger partial charge in [-0.15, -0.1) is 0 Å². The summed E-state index contributed by atoms with van der Waals surface area (Å²) in [5, 5.41) is 52.6. The van der Waals surface area contributed by atoms with Crippen LogP contribution < -0.4 is 16.0 Å². The minimum atomic E-state index is -1.69. The van der Waals surface area contributed by atoms with Gasteiger partial charge in [0.15, 0.2) is 18.9 Å². The predicted molar refractivity (Wildman–Crippen MR) is 217 cm³/mol. The summed E-state index contributed by atoms with van der Waals surface area (Å²) >= 11 is 0. The van der Waals surface area contributed by atoms with Crippen LogP contribution in [0.4, 0.5) is 9.59 Å². The Labute approximate surface area is 357 Å². The van der Waals surface area contributed by atoms with Crippen LogP contribution in [0.1, 0.15) is 73.3 Å². The lowest BCUT2D eigenvalue weighted by atomic mass is 9.79. The molecule has 3 aliphatic heterocycles. The molecule has 0 spiro atoms. The molecule has 16 unspecified atom stereocenters. The number of benzene rings is 1. The van der Waals surface area contributed by atoms with Crippen LogP contribution in [0, 0.1) is 11.8 Å². The van der Waals surface area contributed by atoms with Crippen molar-refractivity contribution in [3.8, 4) is 0 Å². The molecule has 16 atom stereocenters. The van der Waals surface area contributed by atoms with Crippen LogP contribution in [0.5, 0.6) is 0 Å². The second-order valence-corrected chi connectivity index (χ2v) is 17.0. The lowest BCUT2D eigenvalue weighted by Crippen LogP contribution is -2.63. The van der Waals surface area contributed by atoms with Gasteiger partial charge in [0.05, 0.1) is 37.5 Å². The summed E-state index contributed by atoms with van der Waals surface area (Å²) < 4.78 is 48.3. The molecule has 3 amide bonds. The Morgan fingerprint density at radius 3 is 2.10 bits per heavy atom. The minimum Gasteiger partial charge on any atom is -0.445 e. The highest BCUT2D eigenvalue weighted by atomic mass is 16.8. The number of carbonyl (C=O) groups is 3. The molecular formula is C43H65N3O15. The molecule has 5 rings (SSSR count). The van der Waals surface area contributed by atoms with Crippen molar-refractivity contribution in [2.45, 2.75) is 166 Å². The van der Waals surface area contributed by atoms with Gasteiger partial charge < -0.3 is 74.3 Å². The Balaban J connectivity index is 1.31. The fourth-order valence-corrected chi connectivity index (χ4v) is 7.52. The van der Waals surface area contributed by atoms with E-state index in [1.165, 1.54) is 0 Å². The maximum absolute atomic E-state index is 13.2. The molecule has 1 saturated heterocycles. The zero-order valence-corrected chi connectivity index (χ0v) is 36.0. The average Bonchev–Trinajstić information content (AvgIpc) is 3.52. The number of amides is 3. The maximum atomic E-state index is 13.2. The topological polar surface area (TPSA) is 242 Å². The molecule has 0 bridgehead atoms. The molecule has 61 heavy (non-hydrogen) atoms. The van der Waals surface area contributed by atoms with E-state index >= 15 is 0 Å². The van der Waals surface area contributed by atoms with E-state index in [4.69, 9.17) is 37.9 Å². The standard InChI is InChI=1S/C43H65N3O15/c1-8-26-16-15-23(3)38(55-26)58-34-24(4)19-29(45-37(51)30(48)20-44-41(52)61-43(5,6)7)32(49)36(34)60-40-33(50)35(31(21-47)57-40)59-39-28(18-17-27(9-2)56-39)46-42(53)54-22-25-13-11-10-12-14-25/h10-18,23-24,26-36,38-40,47-50H,8-9,19-22H2,1-7H3,(H,44,52)(H,45,51)(H,46,53). The van der Waals surface area contributed by atoms with E-state index in [1.54, 1.807) is 32.9 Å². The summed E-state index contributed by atoms with van der Waals surface area (Å²) in [5.74, 6) is -1.44. The van der Waals surface area contributed by atoms with E-state index in [-0.39, 0.29) is 31.2 Å². The number of carbonyl (C=O) groups excluding carboxylic acids is 3. The first-order valence-corrected chi connectivity index (χ1v) is 21.2. The van der Waals surface area contributed by atoms with Crippen molar-refractivity contribution in [1.29, 1.82) is 0 Å². The Hall–Kier alpha value is -3.69. The number of rotatable bonds is 16. The summed E-state index contributed by atoms with van der Waals surface area (Å²) in [6.45, 7) is 11.7. The van der Waals surface area contributed by atoms with Crippen molar-refractivity contribution in [2.24, 2.45) is 11.8 Å².